The third-order valence-electron chi connectivity index (χ3n) is 5.61. The second-order valence-corrected chi connectivity index (χ2v) is 8.36. The zero-order valence-electron chi connectivity index (χ0n) is 19.0. The SMILES string of the molecule is CC(C)Oc1ccc(/C(O)=C2\C(=O)C(=O)N(CCCn3ccnc3)C2c2ccccc2F)cc1. The first kappa shape index (κ1) is 23.2. The number of aromatic nitrogens is 2. The van der Waals surface area contributed by atoms with Crippen LogP contribution in [0.25, 0.3) is 5.76 Å². The third-order valence-corrected chi connectivity index (χ3v) is 5.61. The molecular formula is C26H26FN3O4. The molecule has 1 unspecified atom stereocenters. The lowest BCUT2D eigenvalue weighted by molar-refractivity contribution is -0.140. The maximum Gasteiger partial charge on any atom is 0.295 e. The van der Waals surface area contributed by atoms with Crippen molar-refractivity contribution in [1.29, 1.82) is 0 Å². The molecule has 1 atom stereocenters. The molecule has 7 nitrogen and oxygen atoms in total. The number of amides is 1. The Labute approximate surface area is 197 Å². The van der Waals surface area contributed by atoms with Gasteiger partial charge in [0.2, 0.25) is 0 Å². The molecule has 2 heterocycles. The highest BCUT2D eigenvalue weighted by atomic mass is 19.1. The van der Waals surface area contributed by atoms with Crippen molar-refractivity contribution >= 4 is 17.4 Å². The molecule has 0 aliphatic carbocycles. The minimum atomic E-state index is -1.03. The average molecular weight is 464 g/mol. The predicted octanol–water partition coefficient (Wildman–Crippen LogP) is 4.32. The average Bonchev–Trinajstić information content (AvgIpc) is 3.41. The van der Waals surface area contributed by atoms with Gasteiger partial charge in [-0.2, -0.15) is 0 Å². The highest BCUT2D eigenvalue weighted by Crippen LogP contribution is 2.40. The Bertz CT molecular complexity index is 1200. The van der Waals surface area contributed by atoms with E-state index in [1.807, 2.05) is 18.4 Å². The first-order valence-corrected chi connectivity index (χ1v) is 11.1. The molecule has 1 aliphatic heterocycles. The van der Waals surface area contributed by atoms with Crippen molar-refractivity contribution in [3.05, 3.63) is 89.8 Å². The lowest BCUT2D eigenvalue weighted by Gasteiger charge is -2.25. The zero-order valence-corrected chi connectivity index (χ0v) is 19.0. The fourth-order valence-corrected chi connectivity index (χ4v) is 4.09. The van der Waals surface area contributed by atoms with Gasteiger partial charge in [0.25, 0.3) is 11.7 Å². The maximum absolute atomic E-state index is 14.8. The summed E-state index contributed by atoms with van der Waals surface area (Å²) in [6.07, 6.45) is 5.62. The Morgan fingerprint density at radius 2 is 1.85 bits per heavy atom. The lowest BCUT2D eigenvalue weighted by Crippen LogP contribution is -2.31. The van der Waals surface area contributed by atoms with Crippen molar-refractivity contribution in [3.8, 4) is 5.75 Å². The van der Waals surface area contributed by atoms with Gasteiger partial charge in [0.05, 0.1) is 24.0 Å². The Balaban J connectivity index is 1.71. The fraction of sp³-hybridized carbons (Fsp3) is 0.269. The van der Waals surface area contributed by atoms with Crippen molar-refractivity contribution < 1.29 is 23.8 Å². The topological polar surface area (TPSA) is 84.7 Å². The van der Waals surface area contributed by atoms with Crippen LogP contribution in [0.3, 0.4) is 0 Å². The number of imidazole rings is 1. The summed E-state index contributed by atoms with van der Waals surface area (Å²) in [5.74, 6) is -1.89. The summed E-state index contributed by atoms with van der Waals surface area (Å²) in [6, 6.07) is 11.5. The van der Waals surface area contributed by atoms with Crippen molar-refractivity contribution in [1.82, 2.24) is 14.5 Å². The minimum absolute atomic E-state index is 0.0202. The number of ketones is 1. The fourth-order valence-electron chi connectivity index (χ4n) is 4.09. The number of ether oxygens (including phenoxy) is 1. The summed E-state index contributed by atoms with van der Waals surface area (Å²) < 4.78 is 22.3. The number of aliphatic hydroxyl groups is 1. The molecule has 4 rings (SSSR count). The van der Waals surface area contributed by atoms with E-state index in [1.165, 1.54) is 23.1 Å². The van der Waals surface area contributed by atoms with Gasteiger partial charge in [0.1, 0.15) is 17.3 Å². The summed E-state index contributed by atoms with van der Waals surface area (Å²) in [6.45, 7) is 4.58. The molecule has 0 radical (unpaired) electrons. The number of hydrogen-bond donors (Lipinski definition) is 1. The molecule has 0 spiro atoms. The minimum Gasteiger partial charge on any atom is -0.507 e. The highest BCUT2D eigenvalue weighted by molar-refractivity contribution is 6.46. The number of Topliss-reactive ketones (excluding diaryl/α,β-unsaturated/α-hetero) is 1. The van der Waals surface area contributed by atoms with Gasteiger partial charge in [-0.25, -0.2) is 9.37 Å². The van der Waals surface area contributed by atoms with E-state index in [1.54, 1.807) is 49.1 Å². The monoisotopic (exact) mass is 463 g/mol. The van der Waals surface area contributed by atoms with E-state index in [-0.39, 0.29) is 29.5 Å². The highest BCUT2D eigenvalue weighted by Gasteiger charge is 2.46. The van der Waals surface area contributed by atoms with Crippen LogP contribution in [0.4, 0.5) is 4.39 Å². The van der Waals surface area contributed by atoms with Gasteiger partial charge in [-0.3, -0.25) is 9.59 Å². The number of aliphatic hydroxyl groups excluding tert-OH is 1. The van der Waals surface area contributed by atoms with Crippen LogP contribution in [0.1, 0.15) is 37.4 Å². The second kappa shape index (κ2) is 9.91. The summed E-state index contributed by atoms with van der Waals surface area (Å²) in [4.78, 5) is 31.4. The summed E-state index contributed by atoms with van der Waals surface area (Å²) in [5.41, 5.74) is 0.370. The Kier molecular flexibility index (Phi) is 6.77. The van der Waals surface area contributed by atoms with E-state index >= 15 is 0 Å². The van der Waals surface area contributed by atoms with E-state index < -0.39 is 23.5 Å². The van der Waals surface area contributed by atoms with Gasteiger partial charge in [-0.15, -0.1) is 0 Å². The van der Waals surface area contributed by atoms with Crippen molar-refractivity contribution in [3.63, 3.8) is 0 Å². The first-order valence-electron chi connectivity index (χ1n) is 11.1. The van der Waals surface area contributed by atoms with E-state index in [0.717, 1.165) is 0 Å². The molecule has 2 aromatic carbocycles. The first-order chi connectivity index (χ1) is 16.4. The number of rotatable bonds is 8. The zero-order chi connectivity index (χ0) is 24.2. The predicted molar refractivity (Wildman–Crippen MR) is 124 cm³/mol. The number of aryl methyl sites for hydroxylation is 1. The molecule has 1 fully saturated rings. The Morgan fingerprint density at radius 3 is 2.50 bits per heavy atom. The number of carbonyl (C=O) groups excluding carboxylic acids is 2. The van der Waals surface area contributed by atoms with Gasteiger partial charge >= 0.3 is 0 Å². The van der Waals surface area contributed by atoms with Gasteiger partial charge in [0.15, 0.2) is 0 Å². The molecule has 1 amide bonds. The Morgan fingerprint density at radius 1 is 1.12 bits per heavy atom. The molecule has 34 heavy (non-hydrogen) atoms. The van der Waals surface area contributed by atoms with Crippen LogP contribution in [-0.2, 0) is 16.1 Å². The van der Waals surface area contributed by atoms with Crippen LogP contribution < -0.4 is 4.74 Å². The maximum atomic E-state index is 14.8. The van der Waals surface area contributed by atoms with Crippen LogP contribution in [0.2, 0.25) is 0 Å². The van der Waals surface area contributed by atoms with E-state index in [4.69, 9.17) is 4.74 Å². The molecular weight excluding hydrogens is 437 g/mol. The summed E-state index contributed by atoms with van der Waals surface area (Å²) in [7, 11) is 0. The molecule has 0 bridgehead atoms. The smallest absolute Gasteiger partial charge is 0.295 e. The molecule has 3 aromatic rings. The lowest BCUT2D eigenvalue weighted by atomic mass is 9.95. The number of halogens is 1. The van der Waals surface area contributed by atoms with Crippen LogP contribution in [0, 0.1) is 5.82 Å². The molecule has 8 heteroatoms. The van der Waals surface area contributed by atoms with Gasteiger partial charge < -0.3 is 19.3 Å². The van der Waals surface area contributed by atoms with Crippen molar-refractivity contribution in [2.45, 2.75) is 39.0 Å². The number of likely N-dealkylation sites (tertiary alicyclic amines) is 1. The second-order valence-electron chi connectivity index (χ2n) is 8.36. The van der Waals surface area contributed by atoms with Gasteiger partial charge in [-0.05, 0) is 50.6 Å². The van der Waals surface area contributed by atoms with Crippen molar-refractivity contribution in [2.24, 2.45) is 0 Å². The van der Waals surface area contributed by atoms with Gasteiger partial charge in [0, 0.05) is 36.6 Å². The standard InChI is InChI=1S/C26H26FN3O4/c1-17(2)34-19-10-8-18(9-11-19)24(31)22-23(20-6-3-4-7-21(20)27)30(26(33)25(22)32)14-5-13-29-15-12-28-16-29/h3-4,6-12,15-17,23,31H,5,13-14H2,1-2H3/b24-22+. The molecule has 1 saturated heterocycles. The van der Waals surface area contributed by atoms with E-state index in [2.05, 4.69) is 4.98 Å². The number of benzene rings is 2. The van der Waals surface area contributed by atoms with Crippen LogP contribution in [0.15, 0.2) is 72.8 Å². The molecule has 176 valence electrons. The van der Waals surface area contributed by atoms with Crippen LogP contribution in [-0.4, -0.2) is 43.9 Å². The molecule has 0 saturated carbocycles. The van der Waals surface area contributed by atoms with E-state index in [0.29, 0.717) is 24.3 Å². The Hall–Kier alpha value is -3.94. The molecule has 1 aliphatic rings. The van der Waals surface area contributed by atoms with Crippen molar-refractivity contribution in [2.75, 3.05) is 6.54 Å². The number of carbonyl (C=O) groups is 2. The quantitative estimate of drug-likeness (QED) is 0.306. The van der Waals surface area contributed by atoms with E-state index in [9.17, 15) is 19.1 Å². The van der Waals surface area contributed by atoms with Crippen LogP contribution in [0.5, 0.6) is 5.75 Å². The third kappa shape index (κ3) is 4.71. The van der Waals surface area contributed by atoms with Crippen LogP contribution >= 0.6 is 0 Å². The largest absolute Gasteiger partial charge is 0.507 e. The normalized spacial score (nSPS) is 17.5. The molecule has 1 aromatic heterocycles. The molecule has 1 N–H and O–H groups in total. The summed E-state index contributed by atoms with van der Waals surface area (Å²) in [5, 5.41) is 11.1. The number of hydrogen-bond acceptors (Lipinski definition) is 5. The number of nitrogens with zero attached hydrogens (tertiary/aromatic N) is 3. The van der Waals surface area contributed by atoms with Gasteiger partial charge in [-0.1, -0.05) is 18.2 Å². The summed E-state index contributed by atoms with van der Waals surface area (Å²) >= 11 is 0.